The van der Waals surface area contributed by atoms with Crippen molar-refractivity contribution in [3.05, 3.63) is 28.3 Å². The predicted molar refractivity (Wildman–Crippen MR) is 92.6 cm³/mol. The number of non-ortho nitro benzene ring substituents is 1. The lowest BCUT2D eigenvalue weighted by Crippen LogP contribution is -2.51. The van der Waals surface area contributed by atoms with Gasteiger partial charge in [0.2, 0.25) is 5.91 Å². The highest BCUT2D eigenvalue weighted by molar-refractivity contribution is 6.04. The number of amides is 2. The fourth-order valence-electron chi connectivity index (χ4n) is 2.50. The van der Waals surface area contributed by atoms with E-state index in [1.165, 1.54) is 23.1 Å². The number of carbonyl (C=O) groups excluding carboxylic acids is 2. The number of carbonyl (C=O) groups is 2. The van der Waals surface area contributed by atoms with Gasteiger partial charge in [-0.1, -0.05) is 27.7 Å². The zero-order valence-electron chi connectivity index (χ0n) is 14.8. The van der Waals surface area contributed by atoms with Crippen LogP contribution in [-0.4, -0.2) is 35.9 Å². The van der Waals surface area contributed by atoms with Gasteiger partial charge in [-0.15, -0.1) is 0 Å². The quantitative estimate of drug-likeness (QED) is 0.626. The second kappa shape index (κ2) is 7.50. The third-order valence-electron chi connectivity index (χ3n) is 3.82. The van der Waals surface area contributed by atoms with Gasteiger partial charge in [0.05, 0.1) is 16.7 Å². The molecule has 0 aromatic heterocycles. The van der Waals surface area contributed by atoms with Crippen LogP contribution in [0.25, 0.3) is 0 Å². The molecule has 0 saturated heterocycles. The number of anilines is 1. The van der Waals surface area contributed by atoms with E-state index in [4.69, 9.17) is 4.74 Å². The van der Waals surface area contributed by atoms with Crippen molar-refractivity contribution in [2.24, 2.45) is 11.8 Å². The van der Waals surface area contributed by atoms with E-state index in [2.05, 4.69) is 5.32 Å². The molecule has 1 N–H and O–H groups in total. The van der Waals surface area contributed by atoms with E-state index >= 15 is 0 Å². The summed E-state index contributed by atoms with van der Waals surface area (Å²) in [5.74, 6) is -0.209. The molecule has 2 rings (SSSR count). The second-order valence-electron chi connectivity index (χ2n) is 6.81. The lowest BCUT2D eigenvalue weighted by molar-refractivity contribution is -0.384. The highest BCUT2D eigenvalue weighted by Gasteiger charge is 2.37. The summed E-state index contributed by atoms with van der Waals surface area (Å²) in [7, 11) is 0. The molecular weight excluding hydrogens is 326 g/mol. The van der Waals surface area contributed by atoms with Crippen LogP contribution in [0.4, 0.5) is 11.4 Å². The Labute approximate surface area is 146 Å². The van der Waals surface area contributed by atoms with Crippen LogP contribution in [0.15, 0.2) is 18.2 Å². The van der Waals surface area contributed by atoms with Crippen LogP contribution in [0, 0.1) is 22.0 Å². The lowest BCUT2D eigenvalue weighted by Gasteiger charge is -2.35. The van der Waals surface area contributed by atoms with Crippen LogP contribution in [0.2, 0.25) is 0 Å². The van der Waals surface area contributed by atoms with Gasteiger partial charge >= 0.3 is 0 Å². The van der Waals surface area contributed by atoms with Gasteiger partial charge in [0.25, 0.3) is 11.6 Å². The molecule has 8 nitrogen and oxygen atoms in total. The van der Waals surface area contributed by atoms with Crippen LogP contribution >= 0.6 is 0 Å². The zero-order chi connectivity index (χ0) is 18.7. The number of nitro groups is 1. The van der Waals surface area contributed by atoms with Crippen LogP contribution in [0.5, 0.6) is 5.75 Å². The summed E-state index contributed by atoms with van der Waals surface area (Å²) in [6.45, 7) is 7.96. The molecule has 1 unspecified atom stereocenters. The Hall–Kier alpha value is -2.64. The first-order valence-electron chi connectivity index (χ1n) is 8.24. The van der Waals surface area contributed by atoms with Crippen LogP contribution in [0.3, 0.4) is 0 Å². The van der Waals surface area contributed by atoms with Crippen LogP contribution in [0.1, 0.15) is 27.7 Å². The Morgan fingerprint density at radius 1 is 1.36 bits per heavy atom. The molecule has 0 aliphatic carbocycles. The summed E-state index contributed by atoms with van der Waals surface area (Å²) in [6, 6.07) is 4.03. The number of fused-ring (bicyclic) bond motifs is 1. The summed E-state index contributed by atoms with van der Waals surface area (Å²) in [4.78, 5) is 36.7. The molecule has 8 heteroatoms. The first kappa shape index (κ1) is 18.7. The van der Waals surface area contributed by atoms with Crippen LogP contribution < -0.4 is 15.0 Å². The number of hydrogen-bond acceptors (Lipinski definition) is 5. The van der Waals surface area contributed by atoms with E-state index in [1.807, 2.05) is 27.7 Å². The van der Waals surface area contributed by atoms with Gasteiger partial charge in [-0.3, -0.25) is 24.6 Å². The summed E-state index contributed by atoms with van der Waals surface area (Å²) < 4.78 is 5.68. The largest absolute Gasteiger partial charge is 0.478 e. The molecule has 1 aliphatic rings. The van der Waals surface area contributed by atoms with Gasteiger partial charge in [-0.25, -0.2) is 0 Å². The van der Waals surface area contributed by atoms with Crippen molar-refractivity contribution in [1.29, 1.82) is 0 Å². The van der Waals surface area contributed by atoms with Gasteiger partial charge in [-0.05, 0) is 17.9 Å². The van der Waals surface area contributed by atoms with E-state index in [0.29, 0.717) is 18.2 Å². The third kappa shape index (κ3) is 4.26. The second-order valence-corrected chi connectivity index (χ2v) is 6.81. The van der Waals surface area contributed by atoms with Gasteiger partial charge in [0.1, 0.15) is 6.54 Å². The maximum atomic E-state index is 12.7. The first-order chi connectivity index (χ1) is 11.7. The molecule has 1 heterocycles. The smallest absolute Gasteiger partial charge is 0.273 e. The Morgan fingerprint density at radius 3 is 2.60 bits per heavy atom. The van der Waals surface area contributed by atoms with E-state index in [9.17, 15) is 19.7 Å². The summed E-state index contributed by atoms with van der Waals surface area (Å²) in [6.07, 6.45) is -0.785. The molecule has 0 radical (unpaired) electrons. The Morgan fingerprint density at radius 2 is 2.04 bits per heavy atom. The average molecular weight is 349 g/mol. The predicted octanol–water partition coefficient (Wildman–Crippen LogP) is 2.12. The molecule has 2 amide bonds. The van der Waals surface area contributed by atoms with E-state index < -0.39 is 11.0 Å². The summed E-state index contributed by atoms with van der Waals surface area (Å²) in [5, 5.41) is 13.8. The number of rotatable bonds is 6. The fraction of sp³-hybridized carbons (Fsp3) is 0.529. The topological polar surface area (TPSA) is 102 Å². The molecule has 1 aliphatic heterocycles. The lowest BCUT2D eigenvalue weighted by atomic mass is 10.0. The number of ether oxygens (including phenoxy) is 1. The van der Waals surface area contributed by atoms with Gasteiger partial charge in [0, 0.05) is 12.6 Å². The standard InChI is InChI=1S/C17H23N3O5/c1-10(2)8-18-15(21)9-19-13-6-5-12(20(23)24)7-14(13)25-16(11(3)4)17(19)22/h5-7,10-11,16H,8-9H2,1-4H3,(H,18,21). The zero-order valence-corrected chi connectivity index (χ0v) is 14.8. The monoisotopic (exact) mass is 349 g/mol. The Kier molecular flexibility index (Phi) is 5.61. The maximum Gasteiger partial charge on any atom is 0.273 e. The highest BCUT2D eigenvalue weighted by atomic mass is 16.6. The van der Waals surface area contributed by atoms with Gasteiger partial charge < -0.3 is 10.1 Å². The van der Waals surface area contributed by atoms with Gasteiger partial charge in [0.15, 0.2) is 11.9 Å². The normalized spacial score (nSPS) is 16.6. The van der Waals surface area contributed by atoms with Crippen LogP contribution in [-0.2, 0) is 9.59 Å². The SMILES string of the molecule is CC(C)CNC(=O)CN1C(=O)C(C(C)C)Oc2cc([N+](=O)[O-])ccc21. The molecule has 136 valence electrons. The highest BCUT2D eigenvalue weighted by Crippen LogP contribution is 2.38. The molecule has 0 spiro atoms. The minimum absolute atomic E-state index is 0.125. The maximum absolute atomic E-state index is 12.7. The minimum Gasteiger partial charge on any atom is -0.478 e. The first-order valence-corrected chi connectivity index (χ1v) is 8.24. The molecule has 1 atom stereocenters. The van der Waals surface area contributed by atoms with Crippen molar-refractivity contribution < 1.29 is 19.2 Å². The third-order valence-corrected chi connectivity index (χ3v) is 3.82. The molecule has 1 aromatic carbocycles. The number of benzene rings is 1. The molecule has 1 aromatic rings. The summed E-state index contributed by atoms with van der Waals surface area (Å²) >= 11 is 0. The molecule has 0 saturated carbocycles. The van der Waals surface area contributed by atoms with Crippen molar-refractivity contribution in [3.8, 4) is 5.75 Å². The van der Waals surface area contributed by atoms with Crippen molar-refractivity contribution >= 4 is 23.2 Å². The van der Waals surface area contributed by atoms with E-state index in [1.54, 1.807) is 0 Å². The summed E-state index contributed by atoms with van der Waals surface area (Å²) in [5.41, 5.74) is 0.243. The van der Waals surface area contributed by atoms with E-state index in [-0.39, 0.29) is 35.7 Å². The van der Waals surface area contributed by atoms with Gasteiger partial charge in [-0.2, -0.15) is 0 Å². The number of hydrogen-bond donors (Lipinski definition) is 1. The average Bonchev–Trinajstić information content (AvgIpc) is 2.54. The van der Waals surface area contributed by atoms with E-state index in [0.717, 1.165) is 0 Å². The Bertz CT molecular complexity index is 687. The molecule has 0 bridgehead atoms. The van der Waals surface area contributed by atoms with Crippen molar-refractivity contribution in [3.63, 3.8) is 0 Å². The van der Waals surface area contributed by atoms with Crippen molar-refractivity contribution in [1.82, 2.24) is 5.32 Å². The number of nitrogens with zero attached hydrogens (tertiary/aromatic N) is 2. The molecule has 0 fully saturated rings. The van der Waals surface area contributed by atoms with Crippen molar-refractivity contribution in [2.45, 2.75) is 33.8 Å². The minimum atomic E-state index is -0.785. The van der Waals surface area contributed by atoms with Crippen molar-refractivity contribution in [2.75, 3.05) is 18.0 Å². The molecular formula is C17H23N3O5. The Balaban J connectivity index is 2.32. The molecule has 25 heavy (non-hydrogen) atoms. The number of nitro benzene ring substituents is 1. The fourth-order valence-corrected chi connectivity index (χ4v) is 2.50. The number of nitrogens with one attached hydrogen (secondary N) is 1.